The van der Waals surface area contributed by atoms with E-state index in [-0.39, 0.29) is 0 Å². The van der Waals surface area contributed by atoms with E-state index in [0.717, 1.165) is 31.4 Å². The van der Waals surface area contributed by atoms with E-state index in [0.29, 0.717) is 18.4 Å². The van der Waals surface area contributed by atoms with Crippen LogP contribution in [0.15, 0.2) is 54.8 Å². The van der Waals surface area contributed by atoms with Crippen LogP contribution < -0.4 is 0 Å². The zero-order chi connectivity index (χ0) is 17.0. The fourth-order valence-electron chi connectivity index (χ4n) is 2.01. The third-order valence-corrected chi connectivity index (χ3v) is 3.62. The molecule has 22 heavy (non-hydrogen) atoms. The van der Waals surface area contributed by atoms with Crippen LogP contribution in [0.25, 0.3) is 0 Å². The average molecular weight is 304 g/mol. The second kappa shape index (κ2) is 11.8. The first-order valence-corrected chi connectivity index (χ1v) is 8.07. The molecule has 0 aromatic heterocycles. The van der Waals surface area contributed by atoms with Crippen molar-refractivity contribution in [2.24, 2.45) is 10.9 Å². The lowest BCUT2D eigenvalue weighted by Crippen LogP contribution is -2.15. The molecular weight excluding hydrogens is 272 g/mol. The van der Waals surface area contributed by atoms with Crippen LogP contribution in [-0.4, -0.2) is 17.2 Å². The van der Waals surface area contributed by atoms with Crippen LogP contribution in [0.4, 0.5) is 0 Å². The summed E-state index contributed by atoms with van der Waals surface area (Å²) >= 11 is 0. The largest absolute Gasteiger partial charge is 0.479 e. The van der Waals surface area contributed by atoms with Gasteiger partial charge in [0, 0.05) is 30.7 Å². The Kier molecular flexibility index (Phi) is 10.9. The zero-order valence-electron chi connectivity index (χ0n) is 14.8. The Bertz CT molecular complexity index is 421. The molecule has 0 amide bonds. The second-order valence-corrected chi connectivity index (χ2v) is 5.39. The highest BCUT2D eigenvalue weighted by Gasteiger charge is 2.09. The molecule has 0 saturated heterocycles. The molecule has 0 spiro atoms. The van der Waals surface area contributed by atoms with E-state index in [2.05, 4.69) is 51.7 Å². The molecule has 0 N–H and O–H groups in total. The fourth-order valence-corrected chi connectivity index (χ4v) is 2.01. The van der Waals surface area contributed by atoms with Crippen molar-refractivity contribution in [3.8, 4) is 0 Å². The van der Waals surface area contributed by atoms with Crippen molar-refractivity contribution in [3.05, 3.63) is 49.8 Å². The molecule has 0 radical (unpaired) electrons. The molecule has 0 fully saturated rings. The van der Waals surface area contributed by atoms with Crippen LogP contribution in [-0.2, 0) is 4.74 Å². The topological polar surface area (TPSA) is 24.8 Å². The van der Waals surface area contributed by atoms with E-state index < -0.39 is 0 Å². The predicted octanol–water partition coefficient (Wildman–Crippen LogP) is 5.64. The van der Waals surface area contributed by atoms with Gasteiger partial charge in [0.05, 0.1) is 6.61 Å². The van der Waals surface area contributed by atoms with E-state index >= 15 is 0 Å². The smallest absolute Gasteiger partial charge is 0.189 e. The molecule has 1 unspecified atom stereocenters. The van der Waals surface area contributed by atoms with E-state index in [1.165, 1.54) is 5.57 Å². The van der Waals surface area contributed by atoms with Crippen molar-refractivity contribution in [3.63, 3.8) is 0 Å². The van der Waals surface area contributed by atoms with Gasteiger partial charge in [-0.1, -0.05) is 45.9 Å². The SMILES string of the molecule is C=CN=C(C)CCOC(=C)N(C=C)/C=C(/CCC)C(C)CC. The Balaban J connectivity index is 4.72. The molecule has 0 heterocycles. The molecule has 0 aliphatic rings. The number of hydrogen-bond donors (Lipinski definition) is 0. The van der Waals surface area contributed by atoms with E-state index in [1.807, 2.05) is 11.8 Å². The van der Waals surface area contributed by atoms with E-state index in [9.17, 15) is 0 Å². The second-order valence-electron chi connectivity index (χ2n) is 5.39. The van der Waals surface area contributed by atoms with Gasteiger partial charge in [-0.25, -0.2) is 0 Å². The molecule has 0 rings (SSSR count). The van der Waals surface area contributed by atoms with Crippen molar-refractivity contribution in [1.82, 2.24) is 4.90 Å². The molecule has 1 atom stereocenters. The monoisotopic (exact) mass is 304 g/mol. The van der Waals surface area contributed by atoms with Crippen molar-refractivity contribution < 1.29 is 4.74 Å². The first-order chi connectivity index (χ1) is 10.5. The highest BCUT2D eigenvalue weighted by atomic mass is 16.5. The van der Waals surface area contributed by atoms with Crippen molar-refractivity contribution in [2.45, 2.75) is 53.4 Å². The quantitative estimate of drug-likeness (QED) is 0.344. The third kappa shape index (κ3) is 7.87. The Morgan fingerprint density at radius 3 is 2.45 bits per heavy atom. The first kappa shape index (κ1) is 20.2. The number of allylic oxidation sites excluding steroid dienone is 1. The number of ether oxygens (including phenoxy) is 1. The molecule has 3 nitrogen and oxygen atoms in total. The maximum absolute atomic E-state index is 5.70. The number of rotatable bonds is 12. The summed E-state index contributed by atoms with van der Waals surface area (Å²) in [5.41, 5.74) is 2.40. The molecule has 3 heteroatoms. The lowest BCUT2D eigenvalue weighted by molar-refractivity contribution is 0.165. The van der Waals surface area contributed by atoms with Gasteiger partial charge in [-0.3, -0.25) is 9.89 Å². The maximum Gasteiger partial charge on any atom is 0.189 e. The van der Waals surface area contributed by atoms with E-state index in [4.69, 9.17) is 4.74 Å². The summed E-state index contributed by atoms with van der Waals surface area (Å²) < 4.78 is 5.70. The van der Waals surface area contributed by atoms with Gasteiger partial charge in [0.1, 0.15) is 0 Å². The summed E-state index contributed by atoms with van der Waals surface area (Å²) in [4.78, 5) is 5.99. The van der Waals surface area contributed by atoms with Gasteiger partial charge < -0.3 is 4.74 Å². The van der Waals surface area contributed by atoms with Gasteiger partial charge in [-0.2, -0.15) is 0 Å². The molecule has 0 bridgehead atoms. The summed E-state index contributed by atoms with van der Waals surface area (Å²) in [6.45, 7) is 20.6. The van der Waals surface area contributed by atoms with Crippen LogP contribution in [0.1, 0.15) is 53.4 Å². The standard InChI is InChI=1S/C19H32N2O/c1-8-12-19(16(5)9-2)15-21(11-4)18(7)22-14-13-17(6)20-10-3/h10-11,15-16H,3-4,7-9,12-14H2,1-2,5-6H3/b19-15-,20-17?. The number of aliphatic imine (C=N–C) groups is 1. The van der Waals surface area contributed by atoms with Crippen LogP contribution in [0, 0.1) is 5.92 Å². The number of hydrogen-bond acceptors (Lipinski definition) is 3. The minimum absolute atomic E-state index is 0.548. The van der Waals surface area contributed by atoms with Crippen LogP contribution in [0.5, 0.6) is 0 Å². The molecular formula is C19H32N2O. The highest BCUT2D eigenvalue weighted by molar-refractivity contribution is 5.82. The van der Waals surface area contributed by atoms with Crippen molar-refractivity contribution in [2.75, 3.05) is 6.61 Å². The Hall–Kier alpha value is -1.77. The molecule has 0 aliphatic carbocycles. The third-order valence-electron chi connectivity index (χ3n) is 3.62. The summed E-state index contributed by atoms with van der Waals surface area (Å²) in [5, 5.41) is 0. The lowest BCUT2D eigenvalue weighted by atomic mass is 9.95. The Labute approximate surface area is 136 Å². The minimum atomic E-state index is 0.548. The fraction of sp³-hybridized carbons (Fsp3) is 0.526. The molecule has 0 aromatic carbocycles. The number of nitrogens with zero attached hydrogens (tertiary/aromatic N) is 2. The van der Waals surface area contributed by atoms with Gasteiger partial charge in [-0.15, -0.1) is 0 Å². The van der Waals surface area contributed by atoms with Gasteiger partial charge in [-0.05, 0) is 32.3 Å². The Morgan fingerprint density at radius 1 is 1.27 bits per heavy atom. The lowest BCUT2D eigenvalue weighted by Gasteiger charge is -2.22. The summed E-state index contributed by atoms with van der Waals surface area (Å²) in [5.74, 6) is 1.15. The first-order valence-electron chi connectivity index (χ1n) is 8.07. The molecule has 0 saturated carbocycles. The minimum Gasteiger partial charge on any atom is -0.479 e. The summed E-state index contributed by atoms with van der Waals surface area (Å²) in [7, 11) is 0. The molecule has 0 aliphatic heterocycles. The van der Waals surface area contributed by atoms with Gasteiger partial charge in [0.15, 0.2) is 5.88 Å². The van der Waals surface area contributed by atoms with Crippen LogP contribution in [0.3, 0.4) is 0 Å². The van der Waals surface area contributed by atoms with Gasteiger partial charge in [0.25, 0.3) is 0 Å². The summed E-state index contributed by atoms with van der Waals surface area (Å²) in [6, 6.07) is 0. The average Bonchev–Trinajstić information content (AvgIpc) is 2.50. The van der Waals surface area contributed by atoms with Crippen molar-refractivity contribution in [1.29, 1.82) is 0 Å². The van der Waals surface area contributed by atoms with Gasteiger partial charge in [0.2, 0.25) is 0 Å². The van der Waals surface area contributed by atoms with Crippen LogP contribution >= 0.6 is 0 Å². The van der Waals surface area contributed by atoms with Crippen molar-refractivity contribution >= 4 is 5.71 Å². The predicted molar refractivity (Wildman–Crippen MR) is 97.5 cm³/mol. The molecule has 0 aromatic rings. The zero-order valence-corrected chi connectivity index (χ0v) is 14.8. The maximum atomic E-state index is 5.70. The highest BCUT2D eigenvalue weighted by Crippen LogP contribution is 2.21. The summed E-state index contributed by atoms with van der Waals surface area (Å²) in [6.07, 6.45) is 9.49. The molecule has 124 valence electrons. The van der Waals surface area contributed by atoms with Gasteiger partial charge >= 0.3 is 0 Å². The van der Waals surface area contributed by atoms with Crippen LogP contribution in [0.2, 0.25) is 0 Å². The Morgan fingerprint density at radius 2 is 1.95 bits per heavy atom. The van der Waals surface area contributed by atoms with E-state index in [1.54, 1.807) is 12.4 Å². The normalized spacial score (nSPS) is 13.5.